The van der Waals surface area contributed by atoms with Crippen LogP contribution >= 0.6 is 0 Å². The molecule has 0 radical (unpaired) electrons. The van der Waals surface area contributed by atoms with Crippen LogP contribution in [0.1, 0.15) is 16.2 Å². The molecule has 0 N–H and O–H groups in total. The summed E-state index contributed by atoms with van der Waals surface area (Å²) in [7, 11) is 1.63. The summed E-state index contributed by atoms with van der Waals surface area (Å²) in [5, 5.41) is 0.568. The summed E-state index contributed by atoms with van der Waals surface area (Å²) in [4.78, 5) is 31.8. The minimum atomic E-state index is -0.119. The molecule has 7 nitrogen and oxygen atoms in total. The number of hydrogen-bond acceptors (Lipinski definition) is 5. The molecule has 0 bridgehead atoms. The van der Waals surface area contributed by atoms with Crippen LogP contribution in [0, 0.1) is 6.92 Å². The fourth-order valence-corrected chi connectivity index (χ4v) is 3.49. The van der Waals surface area contributed by atoms with E-state index < -0.39 is 0 Å². The van der Waals surface area contributed by atoms with Crippen molar-refractivity contribution in [3.8, 4) is 5.69 Å². The summed E-state index contributed by atoms with van der Waals surface area (Å²) >= 11 is 0. The van der Waals surface area contributed by atoms with E-state index in [1.807, 2.05) is 18.2 Å². The highest BCUT2D eigenvalue weighted by Crippen LogP contribution is 2.18. The van der Waals surface area contributed by atoms with E-state index in [4.69, 9.17) is 9.47 Å². The molecule has 1 aromatic heterocycles. The maximum Gasteiger partial charge on any atom is 0.265 e. The van der Waals surface area contributed by atoms with Crippen molar-refractivity contribution in [2.75, 3.05) is 33.4 Å². The third-order valence-corrected chi connectivity index (χ3v) is 5.09. The quantitative estimate of drug-likeness (QED) is 0.600. The van der Waals surface area contributed by atoms with E-state index in [-0.39, 0.29) is 17.6 Å². The van der Waals surface area contributed by atoms with Crippen LogP contribution in [-0.2, 0) is 9.47 Å². The predicted molar refractivity (Wildman–Crippen MR) is 110 cm³/mol. The van der Waals surface area contributed by atoms with Gasteiger partial charge in [0.2, 0.25) is 0 Å². The Morgan fingerprint density at radius 2 is 1.83 bits per heavy atom. The number of carbonyl (C=O) groups excluding carboxylic acids is 1. The number of likely N-dealkylation sites (tertiary alicyclic amines) is 1. The monoisotopic (exact) mass is 393 g/mol. The smallest absolute Gasteiger partial charge is 0.265 e. The molecule has 2 heterocycles. The summed E-state index contributed by atoms with van der Waals surface area (Å²) in [6, 6.07) is 14.3. The van der Waals surface area contributed by atoms with Crippen LogP contribution in [0.3, 0.4) is 0 Å². The second-order valence-electron chi connectivity index (χ2n) is 7.06. The molecule has 1 aliphatic rings. The average molecular weight is 393 g/mol. The first-order chi connectivity index (χ1) is 14.1. The van der Waals surface area contributed by atoms with Crippen LogP contribution in [0.2, 0.25) is 0 Å². The van der Waals surface area contributed by atoms with Gasteiger partial charge in [0, 0.05) is 25.8 Å². The van der Waals surface area contributed by atoms with Gasteiger partial charge in [-0.05, 0) is 43.3 Å². The van der Waals surface area contributed by atoms with Crippen LogP contribution in [0.25, 0.3) is 16.6 Å². The molecule has 0 unspecified atom stereocenters. The van der Waals surface area contributed by atoms with Gasteiger partial charge in [0.1, 0.15) is 5.82 Å². The highest BCUT2D eigenvalue weighted by atomic mass is 16.5. The van der Waals surface area contributed by atoms with E-state index >= 15 is 0 Å². The van der Waals surface area contributed by atoms with Gasteiger partial charge in [0.25, 0.3) is 11.5 Å². The Morgan fingerprint density at radius 1 is 1.10 bits per heavy atom. The molecule has 0 spiro atoms. The summed E-state index contributed by atoms with van der Waals surface area (Å²) in [5.74, 6) is 0.565. The number of nitrogens with zero attached hydrogens (tertiary/aromatic N) is 3. The van der Waals surface area contributed by atoms with Crippen molar-refractivity contribution in [3.63, 3.8) is 0 Å². The van der Waals surface area contributed by atoms with Crippen molar-refractivity contribution in [1.82, 2.24) is 14.5 Å². The third-order valence-electron chi connectivity index (χ3n) is 5.09. The number of hydrogen-bond donors (Lipinski definition) is 0. The number of methoxy groups -OCH3 is 1. The molecule has 0 atom stereocenters. The molecule has 29 heavy (non-hydrogen) atoms. The average Bonchev–Trinajstić information content (AvgIpc) is 2.70. The number of ether oxygens (including phenoxy) is 2. The fourth-order valence-electron chi connectivity index (χ4n) is 3.49. The zero-order valence-corrected chi connectivity index (χ0v) is 16.5. The number of para-hydroxylation sites is 1. The Hall–Kier alpha value is -3.03. The van der Waals surface area contributed by atoms with Gasteiger partial charge in [0.15, 0.2) is 0 Å². The van der Waals surface area contributed by atoms with E-state index in [9.17, 15) is 9.59 Å². The van der Waals surface area contributed by atoms with Gasteiger partial charge in [-0.2, -0.15) is 0 Å². The van der Waals surface area contributed by atoms with E-state index in [2.05, 4.69) is 4.98 Å². The van der Waals surface area contributed by atoms with Gasteiger partial charge in [-0.1, -0.05) is 12.1 Å². The zero-order valence-electron chi connectivity index (χ0n) is 16.5. The van der Waals surface area contributed by atoms with E-state index in [1.54, 1.807) is 53.8 Å². The van der Waals surface area contributed by atoms with Crippen LogP contribution < -0.4 is 5.56 Å². The largest absolute Gasteiger partial charge is 0.382 e. The molecular formula is C22H23N3O4. The Morgan fingerprint density at radius 3 is 2.55 bits per heavy atom. The standard InChI is InChI=1S/C22H23N3O4/c1-15-23-20-6-4-3-5-19(20)22(27)25(15)17-9-7-16(8-10-17)21(26)24-13-18(14-24)29-12-11-28-2/h3-10,18H,11-14H2,1-2H3. The number of carbonyl (C=O) groups is 1. The van der Waals surface area contributed by atoms with Crippen molar-refractivity contribution < 1.29 is 14.3 Å². The molecule has 0 aliphatic carbocycles. The summed E-state index contributed by atoms with van der Waals surface area (Å²) < 4.78 is 12.1. The first-order valence-corrected chi connectivity index (χ1v) is 9.57. The Labute approximate surface area is 168 Å². The molecule has 7 heteroatoms. The first kappa shape index (κ1) is 19.3. The van der Waals surface area contributed by atoms with Crippen LogP contribution in [0.5, 0.6) is 0 Å². The predicted octanol–water partition coefficient (Wildman–Crippen LogP) is 2.18. The third kappa shape index (κ3) is 3.79. The lowest BCUT2D eigenvalue weighted by Crippen LogP contribution is -2.55. The Balaban J connectivity index is 1.50. The number of benzene rings is 2. The minimum absolute atomic E-state index is 0.0381. The second-order valence-corrected chi connectivity index (χ2v) is 7.06. The summed E-state index contributed by atoms with van der Waals surface area (Å²) in [6.45, 7) is 4.05. The topological polar surface area (TPSA) is 73.7 Å². The molecule has 0 saturated carbocycles. The van der Waals surface area contributed by atoms with Gasteiger partial charge in [-0.15, -0.1) is 0 Å². The van der Waals surface area contributed by atoms with Crippen LogP contribution in [0.4, 0.5) is 0 Å². The van der Waals surface area contributed by atoms with E-state index in [0.29, 0.717) is 54.3 Å². The van der Waals surface area contributed by atoms with Crippen molar-refractivity contribution in [3.05, 3.63) is 70.3 Å². The molecule has 1 aliphatic heterocycles. The van der Waals surface area contributed by atoms with Crippen molar-refractivity contribution in [1.29, 1.82) is 0 Å². The Kier molecular flexibility index (Phi) is 5.42. The SMILES string of the molecule is COCCOC1CN(C(=O)c2ccc(-n3c(C)nc4ccccc4c3=O)cc2)C1. The molecule has 1 saturated heterocycles. The van der Waals surface area contributed by atoms with Crippen LogP contribution in [0.15, 0.2) is 53.3 Å². The Bertz CT molecular complexity index is 1090. The van der Waals surface area contributed by atoms with Crippen LogP contribution in [-0.4, -0.2) is 59.9 Å². The molecule has 1 amide bonds. The van der Waals surface area contributed by atoms with Gasteiger partial charge in [-0.25, -0.2) is 4.98 Å². The molecule has 1 fully saturated rings. The normalized spacial score (nSPS) is 14.2. The lowest BCUT2D eigenvalue weighted by molar-refractivity contribution is -0.0554. The number of amides is 1. The van der Waals surface area contributed by atoms with Gasteiger partial charge >= 0.3 is 0 Å². The van der Waals surface area contributed by atoms with Crippen molar-refractivity contribution >= 4 is 16.8 Å². The van der Waals surface area contributed by atoms with Gasteiger partial charge in [0.05, 0.1) is 35.9 Å². The lowest BCUT2D eigenvalue weighted by atomic mass is 10.1. The molecule has 2 aromatic carbocycles. The van der Waals surface area contributed by atoms with Crippen molar-refractivity contribution in [2.24, 2.45) is 0 Å². The molecular weight excluding hydrogens is 370 g/mol. The van der Waals surface area contributed by atoms with Gasteiger partial charge < -0.3 is 14.4 Å². The minimum Gasteiger partial charge on any atom is -0.382 e. The number of fused-ring (bicyclic) bond motifs is 1. The number of rotatable bonds is 6. The highest BCUT2D eigenvalue weighted by Gasteiger charge is 2.31. The summed E-state index contributed by atoms with van der Waals surface area (Å²) in [6.07, 6.45) is 0.0678. The first-order valence-electron chi connectivity index (χ1n) is 9.57. The fraction of sp³-hybridized carbons (Fsp3) is 0.318. The maximum atomic E-state index is 12.9. The van der Waals surface area contributed by atoms with Crippen molar-refractivity contribution in [2.45, 2.75) is 13.0 Å². The maximum absolute atomic E-state index is 12.9. The molecule has 3 aromatic rings. The lowest BCUT2D eigenvalue weighted by Gasteiger charge is -2.38. The number of aryl methyl sites for hydroxylation is 1. The molecule has 150 valence electrons. The summed E-state index contributed by atoms with van der Waals surface area (Å²) in [5.41, 5.74) is 1.83. The van der Waals surface area contributed by atoms with E-state index in [1.165, 1.54) is 0 Å². The van der Waals surface area contributed by atoms with Gasteiger partial charge in [-0.3, -0.25) is 14.2 Å². The molecule has 4 rings (SSSR count). The van der Waals surface area contributed by atoms with E-state index in [0.717, 1.165) is 0 Å². The highest BCUT2D eigenvalue weighted by molar-refractivity contribution is 5.95. The second kappa shape index (κ2) is 8.14. The number of aromatic nitrogens is 2. The zero-order chi connectivity index (χ0) is 20.4.